The second-order valence-corrected chi connectivity index (χ2v) is 5.77. The maximum atomic E-state index is 13.1. The molecule has 2 aromatic carbocycles. The highest BCUT2D eigenvalue weighted by Gasteiger charge is 2.06. The Kier molecular flexibility index (Phi) is 5.28. The van der Waals surface area contributed by atoms with Crippen molar-refractivity contribution in [3.05, 3.63) is 65.9 Å². The average Bonchev–Trinajstić information content (AvgIpc) is 3.01. The Balaban J connectivity index is 1.40. The van der Waals surface area contributed by atoms with Gasteiger partial charge in [0.25, 0.3) is 0 Å². The Morgan fingerprint density at radius 1 is 1.04 bits per heavy atom. The Morgan fingerprint density at radius 3 is 2.72 bits per heavy atom. The monoisotopic (exact) mass is 343 g/mol. The maximum Gasteiger partial charge on any atom is 0.221 e. The van der Waals surface area contributed by atoms with Crippen molar-refractivity contribution in [3.63, 3.8) is 0 Å². The molecule has 0 saturated heterocycles. The van der Waals surface area contributed by atoms with Gasteiger partial charge in [0.2, 0.25) is 5.91 Å². The van der Waals surface area contributed by atoms with Crippen LogP contribution in [0, 0.1) is 11.6 Å². The van der Waals surface area contributed by atoms with Crippen LogP contribution in [0.1, 0.15) is 12.0 Å². The number of nitrogens with one attached hydrogen (secondary N) is 3. The normalized spacial score (nSPS) is 10.8. The standard InChI is InChI=1S/C19H19F2N3O/c20-16-6-5-14(11-17(16)21)22-10-8-19(25)23-9-7-13-12-24-18-4-2-1-3-15(13)18/h1-6,11-12,22,24H,7-10H2,(H,23,25). The summed E-state index contributed by atoms with van der Waals surface area (Å²) >= 11 is 0. The number of aromatic nitrogens is 1. The first-order valence-corrected chi connectivity index (χ1v) is 8.14. The summed E-state index contributed by atoms with van der Waals surface area (Å²) in [5, 5.41) is 6.93. The summed E-state index contributed by atoms with van der Waals surface area (Å²) < 4.78 is 25.9. The molecule has 0 fully saturated rings. The number of H-pyrrole nitrogens is 1. The summed E-state index contributed by atoms with van der Waals surface area (Å²) in [6, 6.07) is 11.6. The van der Waals surface area contributed by atoms with E-state index in [4.69, 9.17) is 0 Å². The van der Waals surface area contributed by atoms with E-state index in [0.717, 1.165) is 35.0 Å². The Labute approximate surface area is 144 Å². The van der Waals surface area contributed by atoms with Crippen molar-refractivity contribution in [1.82, 2.24) is 10.3 Å². The maximum absolute atomic E-state index is 13.1. The lowest BCUT2D eigenvalue weighted by molar-refractivity contribution is -0.120. The van der Waals surface area contributed by atoms with Crippen LogP contribution in [0.5, 0.6) is 0 Å². The molecular formula is C19H19F2N3O. The van der Waals surface area contributed by atoms with Gasteiger partial charge in [0.1, 0.15) is 0 Å². The summed E-state index contributed by atoms with van der Waals surface area (Å²) in [6.45, 7) is 0.899. The predicted molar refractivity (Wildman–Crippen MR) is 94.5 cm³/mol. The van der Waals surface area contributed by atoms with Crippen LogP contribution < -0.4 is 10.6 Å². The number of rotatable bonds is 7. The van der Waals surface area contributed by atoms with E-state index in [9.17, 15) is 13.6 Å². The molecule has 25 heavy (non-hydrogen) atoms. The lowest BCUT2D eigenvalue weighted by Crippen LogP contribution is -2.27. The number of amides is 1. The fourth-order valence-corrected chi connectivity index (χ4v) is 2.69. The minimum absolute atomic E-state index is 0.0880. The molecule has 0 unspecified atom stereocenters. The third-order valence-electron chi connectivity index (χ3n) is 3.99. The van der Waals surface area contributed by atoms with Gasteiger partial charge in [0.05, 0.1) is 0 Å². The molecule has 0 spiro atoms. The molecule has 0 atom stereocenters. The number of anilines is 1. The van der Waals surface area contributed by atoms with Crippen LogP contribution in [-0.4, -0.2) is 24.0 Å². The molecule has 0 aliphatic heterocycles. The van der Waals surface area contributed by atoms with Crippen molar-refractivity contribution in [3.8, 4) is 0 Å². The van der Waals surface area contributed by atoms with E-state index < -0.39 is 11.6 Å². The van der Waals surface area contributed by atoms with Crippen molar-refractivity contribution < 1.29 is 13.6 Å². The topological polar surface area (TPSA) is 56.9 Å². The zero-order chi connectivity index (χ0) is 17.6. The fraction of sp³-hybridized carbons (Fsp3) is 0.211. The van der Waals surface area contributed by atoms with Crippen molar-refractivity contribution in [2.24, 2.45) is 0 Å². The number of para-hydroxylation sites is 1. The molecule has 0 saturated carbocycles. The molecule has 3 rings (SSSR count). The number of carbonyl (C=O) groups is 1. The van der Waals surface area contributed by atoms with Crippen molar-refractivity contribution in [1.29, 1.82) is 0 Å². The number of hydrogen-bond donors (Lipinski definition) is 3. The van der Waals surface area contributed by atoms with E-state index in [1.54, 1.807) is 0 Å². The smallest absolute Gasteiger partial charge is 0.221 e. The van der Waals surface area contributed by atoms with Gasteiger partial charge >= 0.3 is 0 Å². The zero-order valence-corrected chi connectivity index (χ0v) is 13.6. The SMILES string of the molecule is O=C(CCNc1ccc(F)c(F)c1)NCCc1c[nH]c2ccccc12. The molecule has 0 aliphatic rings. The van der Waals surface area contributed by atoms with Gasteiger partial charge in [-0.25, -0.2) is 8.78 Å². The highest BCUT2D eigenvalue weighted by molar-refractivity contribution is 5.83. The Hall–Kier alpha value is -2.89. The van der Waals surface area contributed by atoms with Gasteiger partial charge in [-0.3, -0.25) is 4.79 Å². The van der Waals surface area contributed by atoms with Crippen molar-refractivity contribution in [2.45, 2.75) is 12.8 Å². The summed E-state index contributed by atoms with van der Waals surface area (Å²) in [7, 11) is 0. The Bertz CT molecular complexity index is 876. The quantitative estimate of drug-likeness (QED) is 0.614. The van der Waals surface area contributed by atoms with Crippen LogP contribution in [0.2, 0.25) is 0 Å². The van der Waals surface area contributed by atoms with E-state index in [1.165, 1.54) is 6.07 Å². The van der Waals surface area contributed by atoms with Gasteiger partial charge in [-0.1, -0.05) is 18.2 Å². The fourth-order valence-electron chi connectivity index (χ4n) is 2.69. The summed E-state index contributed by atoms with van der Waals surface area (Å²) in [5.74, 6) is -1.89. The highest BCUT2D eigenvalue weighted by Crippen LogP contribution is 2.17. The van der Waals surface area contributed by atoms with E-state index >= 15 is 0 Å². The summed E-state index contributed by atoms with van der Waals surface area (Å²) in [5.41, 5.74) is 2.70. The van der Waals surface area contributed by atoms with Crippen LogP contribution in [0.25, 0.3) is 10.9 Å². The molecule has 0 radical (unpaired) electrons. The van der Waals surface area contributed by atoms with Gasteiger partial charge in [-0.2, -0.15) is 0 Å². The molecule has 0 aliphatic carbocycles. The van der Waals surface area contributed by atoms with Gasteiger partial charge in [-0.15, -0.1) is 0 Å². The van der Waals surface area contributed by atoms with E-state index in [1.807, 2.05) is 24.4 Å². The molecule has 3 N–H and O–H groups in total. The van der Waals surface area contributed by atoms with E-state index in [-0.39, 0.29) is 12.3 Å². The van der Waals surface area contributed by atoms with Crippen LogP contribution in [-0.2, 0) is 11.2 Å². The van der Waals surface area contributed by atoms with Gasteiger partial charge in [0.15, 0.2) is 11.6 Å². The number of fused-ring (bicyclic) bond motifs is 1. The lowest BCUT2D eigenvalue weighted by atomic mass is 10.1. The zero-order valence-electron chi connectivity index (χ0n) is 13.6. The van der Waals surface area contributed by atoms with Crippen LogP contribution in [0.3, 0.4) is 0 Å². The number of carbonyl (C=O) groups excluding carboxylic acids is 1. The van der Waals surface area contributed by atoms with Crippen molar-refractivity contribution >= 4 is 22.5 Å². The van der Waals surface area contributed by atoms with Crippen LogP contribution in [0.4, 0.5) is 14.5 Å². The van der Waals surface area contributed by atoms with Gasteiger partial charge in [0, 0.05) is 42.3 Å². The molecule has 6 heteroatoms. The minimum atomic E-state index is -0.909. The first-order valence-electron chi connectivity index (χ1n) is 8.14. The van der Waals surface area contributed by atoms with Gasteiger partial charge < -0.3 is 15.6 Å². The van der Waals surface area contributed by atoms with Gasteiger partial charge in [-0.05, 0) is 36.2 Å². The average molecular weight is 343 g/mol. The summed E-state index contributed by atoms with van der Waals surface area (Å²) in [4.78, 5) is 15.1. The van der Waals surface area contributed by atoms with Crippen LogP contribution >= 0.6 is 0 Å². The lowest BCUT2D eigenvalue weighted by Gasteiger charge is -2.08. The summed E-state index contributed by atoms with van der Waals surface area (Å²) in [6.07, 6.45) is 2.96. The highest BCUT2D eigenvalue weighted by atomic mass is 19.2. The molecule has 3 aromatic rings. The first kappa shape index (κ1) is 17.0. The number of aromatic amines is 1. The predicted octanol–water partition coefficient (Wildman–Crippen LogP) is 3.61. The molecule has 1 amide bonds. The number of hydrogen-bond acceptors (Lipinski definition) is 2. The second-order valence-electron chi connectivity index (χ2n) is 5.77. The van der Waals surface area contributed by atoms with Crippen molar-refractivity contribution in [2.75, 3.05) is 18.4 Å². The third kappa shape index (κ3) is 4.35. The largest absolute Gasteiger partial charge is 0.384 e. The second kappa shape index (κ2) is 7.79. The molecule has 1 aromatic heterocycles. The molecule has 1 heterocycles. The minimum Gasteiger partial charge on any atom is -0.384 e. The van der Waals surface area contributed by atoms with E-state index in [2.05, 4.69) is 21.7 Å². The van der Waals surface area contributed by atoms with Crippen LogP contribution in [0.15, 0.2) is 48.7 Å². The third-order valence-corrected chi connectivity index (χ3v) is 3.99. The molecule has 130 valence electrons. The van der Waals surface area contributed by atoms with E-state index in [0.29, 0.717) is 18.8 Å². The first-order chi connectivity index (χ1) is 12.1. The number of benzene rings is 2. The molecule has 4 nitrogen and oxygen atoms in total. The molecular weight excluding hydrogens is 324 g/mol. The number of halogens is 2. The Morgan fingerprint density at radius 2 is 1.88 bits per heavy atom. The molecule has 0 bridgehead atoms.